The van der Waals surface area contributed by atoms with Gasteiger partial charge in [-0.15, -0.1) is 0 Å². The van der Waals surface area contributed by atoms with E-state index in [-0.39, 0.29) is 18.1 Å². The third-order valence-electron chi connectivity index (χ3n) is 3.25. The van der Waals surface area contributed by atoms with Crippen molar-refractivity contribution in [1.82, 2.24) is 10.6 Å². The largest absolute Gasteiger partial charge is 0.380 e. The summed E-state index contributed by atoms with van der Waals surface area (Å²) in [6, 6.07) is 0.312. The fourth-order valence-electron chi connectivity index (χ4n) is 2.24. The Labute approximate surface area is 101 Å². The van der Waals surface area contributed by atoms with Gasteiger partial charge in [0.25, 0.3) is 0 Å². The van der Waals surface area contributed by atoms with Gasteiger partial charge in [0.1, 0.15) is 0 Å². The van der Waals surface area contributed by atoms with Crippen molar-refractivity contribution in [3.63, 3.8) is 0 Å². The number of nitrogens with one attached hydrogen (secondary N) is 2. The van der Waals surface area contributed by atoms with E-state index in [0.717, 1.165) is 25.1 Å². The van der Waals surface area contributed by atoms with Crippen molar-refractivity contribution in [2.45, 2.75) is 37.5 Å². The van der Waals surface area contributed by atoms with Crippen LogP contribution in [0.25, 0.3) is 0 Å². The maximum Gasteiger partial charge on any atom is 0.237 e. The molecule has 0 spiro atoms. The van der Waals surface area contributed by atoms with Crippen molar-refractivity contribution in [1.29, 1.82) is 0 Å². The molecule has 0 aromatic heterocycles. The number of carbonyl (C=O) groups excluding carboxylic acids is 1. The molecule has 0 aromatic carbocycles. The minimum absolute atomic E-state index is 0.0584. The molecule has 4 nitrogen and oxygen atoms in total. The van der Waals surface area contributed by atoms with Gasteiger partial charge in [-0.1, -0.05) is 0 Å². The van der Waals surface area contributed by atoms with Crippen LogP contribution in [-0.4, -0.2) is 49.3 Å². The Balaban J connectivity index is 1.75. The molecule has 0 aromatic rings. The average molecular weight is 244 g/mol. The van der Waals surface area contributed by atoms with Crippen molar-refractivity contribution in [2.24, 2.45) is 0 Å². The molecule has 2 aliphatic heterocycles. The van der Waals surface area contributed by atoms with E-state index in [0.29, 0.717) is 6.04 Å². The van der Waals surface area contributed by atoms with Crippen LogP contribution in [0.5, 0.6) is 0 Å². The maximum absolute atomic E-state index is 11.9. The summed E-state index contributed by atoms with van der Waals surface area (Å²) in [7, 11) is 1.70. The van der Waals surface area contributed by atoms with Gasteiger partial charge in [-0.05, 0) is 25.0 Å². The number of hydrogen-bond acceptors (Lipinski definition) is 4. The van der Waals surface area contributed by atoms with Crippen molar-refractivity contribution >= 4 is 17.7 Å². The van der Waals surface area contributed by atoms with Crippen molar-refractivity contribution in [2.75, 3.05) is 25.2 Å². The van der Waals surface area contributed by atoms with Crippen LogP contribution in [0.1, 0.15) is 19.3 Å². The smallest absolute Gasteiger partial charge is 0.237 e. The van der Waals surface area contributed by atoms with Crippen LogP contribution >= 0.6 is 11.8 Å². The van der Waals surface area contributed by atoms with E-state index in [2.05, 4.69) is 10.6 Å². The van der Waals surface area contributed by atoms with E-state index in [4.69, 9.17) is 4.74 Å². The van der Waals surface area contributed by atoms with E-state index >= 15 is 0 Å². The Hall–Kier alpha value is -0.260. The summed E-state index contributed by atoms with van der Waals surface area (Å²) >= 11 is 1.93. The van der Waals surface area contributed by atoms with Gasteiger partial charge in [-0.25, -0.2) is 0 Å². The number of carbonyl (C=O) groups is 1. The van der Waals surface area contributed by atoms with E-state index in [9.17, 15) is 4.79 Å². The number of amides is 1. The lowest BCUT2D eigenvalue weighted by atomic mass is 10.1. The molecule has 2 heterocycles. The van der Waals surface area contributed by atoms with E-state index in [1.54, 1.807) is 7.11 Å². The Bertz CT molecular complexity index is 244. The molecule has 2 aliphatic rings. The third kappa shape index (κ3) is 3.12. The van der Waals surface area contributed by atoms with Crippen LogP contribution in [0, 0.1) is 0 Å². The zero-order chi connectivity index (χ0) is 11.4. The molecule has 0 radical (unpaired) electrons. The molecule has 0 aliphatic carbocycles. The second-order valence-corrected chi connectivity index (χ2v) is 5.63. The zero-order valence-electron chi connectivity index (χ0n) is 9.70. The Morgan fingerprint density at radius 1 is 1.56 bits per heavy atom. The average Bonchev–Trinajstić information content (AvgIpc) is 2.79. The van der Waals surface area contributed by atoms with Crippen LogP contribution < -0.4 is 10.6 Å². The Morgan fingerprint density at radius 3 is 3.06 bits per heavy atom. The molecule has 2 rings (SSSR count). The number of rotatable bonds is 3. The predicted octanol–water partition coefficient (Wildman–Crippen LogP) is 0.375. The molecule has 0 bridgehead atoms. The minimum Gasteiger partial charge on any atom is -0.380 e. The highest BCUT2D eigenvalue weighted by Gasteiger charge is 2.30. The summed E-state index contributed by atoms with van der Waals surface area (Å²) in [5.74, 6) is 2.44. The molecule has 16 heavy (non-hydrogen) atoms. The fourth-order valence-corrected chi connectivity index (χ4v) is 3.31. The first-order valence-electron chi connectivity index (χ1n) is 5.94. The second kappa shape index (κ2) is 5.89. The highest BCUT2D eigenvalue weighted by atomic mass is 32.2. The maximum atomic E-state index is 11.9. The number of thioether (sulfide) groups is 1. The molecule has 3 atom stereocenters. The highest BCUT2D eigenvalue weighted by molar-refractivity contribution is 7.99. The molecule has 1 amide bonds. The van der Waals surface area contributed by atoms with E-state index in [1.807, 2.05) is 11.8 Å². The van der Waals surface area contributed by atoms with Gasteiger partial charge >= 0.3 is 0 Å². The molecule has 2 saturated heterocycles. The predicted molar refractivity (Wildman–Crippen MR) is 65.7 cm³/mol. The lowest BCUT2D eigenvalue weighted by Crippen LogP contribution is -2.46. The molecule has 3 unspecified atom stereocenters. The lowest BCUT2D eigenvalue weighted by molar-refractivity contribution is -0.123. The standard InChI is InChI=1S/C11H20N2O2S/c1-15-9-5-10(12-6-9)11(14)13-8-3-2-4-16-7-8/h8-10,12H,2-7H2,1H3,(H,13,14). The number of ether oxygens (including phenoxy) is 1. The first-order valence-corrected chi connectivity index (χ1v) is 7.09. The first-order chi connectivity index (χ1) is 7.79. The summed E-state index contributed by atoms with van der Waals surface area (Å²) in [5, 5.41) is 6.33. The van der Waals surface area contributed by atoms with Gasteiger partial charge in [0.05, 0.1) is 12.1 Å². The SMILES string of the molecule is COC1CNC(C(=O)NC2CCCSC2)C1. The second-order valence-electron chi connectivity index (χ2n) is 4.48. The van der Waals surface area contributed by atoms with Crippen LogP contribution in [-0.2, 0) is 9.53 Å². The van der Waals surface area contributed by atoms with Crippen molar-refractivity contribution in [3.05, 3.63) is 0 Å². The third-order valence-corrected chi connectivity index (χ3v) is 4.46. The molecule has 5 heteroatoms. The van der Waals surface area contributed by atoms with Crippen LogP contribution in [0.3, 0.4) is 0 Å². The van der Waals surface area contributed by atoms with Crippen molar-refractivity contribution < 1.29 is 9.53 Å². The van der Waals surface area contributed by atoms with Gasteiger partial charge in [0.2, 0.25) is 5.91 Å². The van der Waals surface area contributed by atoms with E-state index < -0.39 is 0 Å². The van der Waals surface area contributed by atoms with Crippen LogP contribution in [0.2, 0.25) is 0 Å². The van der Waals surface area contributed by atoms with Gasteiger partial charge in [-0.2, -0.15) is 11.8 Å². The molecule has 2 fully saturated rings. The molecule has 0 saturated carbocycles. The Morgan fingerprint density at radius 2 is 2.44 bits per heavy atom. The van der Waals surface area contributed by atoms with E-state index in [1.165, 1.54) is 12.2 Å². The van der Waals surface area contributed by atoms with Crippen molar-refractivity contribution in [3.8, 4) is 0 Å². The minimum atomic E-state index is -0.0584. The van der Waals surface area contributed by atoms with Crippen LogP contribution in [0.15, 0.2) is 0 Å². The normalized spacial score (nSPS) is 34.9. The molecule has 2 N–H and O–H groups in total. The summed E-state index contributed by atoms with van der Waals surface area (Å²) in [6.07, 6.45) is 3.33. The number of methoxy groups -OCH3 is 1. The molecule has 92 valence electrons. The fraction of sp³-hybridized carbons (Fsp3) is 0.909. The molecular formula is C11H20N2O2S. The topological polar surface area (TPSA) is 50.4 Å². The zero-order valence-corrected chi connectivity index (χ0v) is 10.5. The summed E-state index contributed by atoms with van der Waals surface area (Å²) in [6.45, 7) is 0.786. The lowest BCUT2D eigenvalue weighted by Gasteiger charge is -2.24. The first kappa shape index (κ1) is 12.2. The Kier molecular flexibility index (Phi) is 4.49. The monoisotopic (exact) mass is 244 g/mol. The highest BCUT2D eigenvalue weighted by Crippen LogP contribution is 2.17. The molecular weight excluding hydrogens is 224 g/mol. The quantitative estimate of drug-likeness (QED) is 0.753. The number of hydrogen-bond donors (Lipinski definition) is 2. The van der Waals surface area contributed by atoms with Gasteiger partial charge < -0.3 is 15.4 Å². The van der Waals surface area contributed by atoms with Gasteiger partial charge in [0.15, 0.2) is 0 Å². The summed E-state index contributed by atoms with van der Waals surface area (Å²) in [4.78, 5) is 11.9. The summed E-state index contributed by atoms with van der Waals surface area (Å²) < 4.78 is 5.23. The van der Waals surface area contributed by atoms with Gasteiger partial charge in [0, 0.05) is 25.4 Å². The summed E-state index contributed by atoms with van der Waals surface area (Å²) in [5.41, 5.74) is 0. The van der Waals surface area contributed by atoms with Gasteiger partial charge in [-0.3, -0.25) is 4.79 Å². The van der Waals surface area contributed by atoms with Crippen LogP contribution in [0.4, 0.5) is 0 Å².